The summed E-state index contributed by atoms with van der Waals surface area (Å²) in [5.74, 6) is 0.618. The number of aromatic nitrogens is 3. The number of amides is 1. The standard InChI is InChI=1S/C22H24FN5O2.ClH/c1-12-18(22(29)28-15-6-7-24-9-15)20-21(27-12)19(25-11-26-20)16-8-14(23)4-5-17(16)30-10-13-2-3-13;/h4-5,8,11,13,15,24,27H,2-3,6-7,9-10H2,1H3,(H,28,29);1H/t15-;/m1./s1. The highest BCUT2D eigenvalue weighted by atomic mass is 35.5. The van der Waals surface area contributed by atoms with Gasteiger partial charge in [0.05, 0.1) is 17.7 Å². The fourth-order valence-corrected chi connectivity index (χ4v) is 3.94. The molecule has 7 nitrogen and oxygen atoms in total. The number of ether oxygens (including phenoxy) is 1. The Labute approximate surface area is 185 Å². The summed E-state index contributed by atoms with van der Waals surface area (Å²) in [4.78, 5) is 25.0. The van der Waals surface area contributed by atoms with E-state index in [4.69, 9.17) is 4.74 Å². The van der Waals surface area contributed by atoms with Crippen LogP contribution in [0.3, 0.4) is 0 Å². The smallest absolute Gasteiger partial charge is 0.255 e. The van der Waals surface area contributed by atoms with Gasteiger partial charge >= 0.3 is 0 Å². The Bertz CT molecular complexity index is 1110. The molecule has 3 N–H and O–H groups in total. The number of carbonyl (C=O) groups excluding carboxylic acids is 1. The third-order valence-corrected chi connectivity index (χ3v) is 5.76. The lowest BCUT2D eigenvalue weighted by molar-refractivity contribution is 0.0941. The Kier molecular flexibility index (Phi) is 6.11. The van der Waals surface area contributed by atoms with Gasteiger partial charge < -0.3 is 20.4 Å². The molecule has 31 heavy (non-hydrogen) atoms. The second kappa shape index (κ2) is 8.80. The highest BCUT2D eigenvalue weighted by Crippen LogP contribution is 2.36. The molecule has 5 rings (SSSR count). The SMILES string of the molecule is Cc1[nH]c2c(-c3cc(F)ccc3OCC3CC3)ncnc2c1C(=O)N[C@@H]1CCNC1.Cl. The molecule has 3 heterocycles. The van der Waals surface area contributed by atoms with Crippen LogP contribution in [0.15, 0.2) is 24.5 Å². The van der Waals surface area contributed by atoms with Gasteiger partial charge in [-0.2, -0.15) is 0 Å². The number of hydrogen-bond donors (Lipinski definition) is 3. The Morgan fingerprint density at radius 2 is 2.13 bits per heavy atom. The maximum Gasteiger partial charge on any atom is 0.255 e. The second-order valence-electron chi connectivity index (χ2n) is 8.13. The van der Waals surface area contributed by atoms with Crippen molar-refractivity contribution in [1.82, 2.24) is 25.6 Å². The van der Waals surface area contributed by atoms with Crippen molar-refractivity contribution in [1.29, 1.82) is 0 Å². The zero-order valence-corrected chi connectivity index (χ0v) is 18.0. The number of aromatic amines is 1. The van der Waals surface area contributed by atoms with Gasteiger partial charge in [-0.05, 0) is 56.8 Å². The van der Waals surface area contributed by atoms with Gasteiger partial charge in [0.1, 0.15) is 29.1 Å². The van der Waals surface area contributed by atoms with Crippen LogP contribution in [0.4, 0.5) is 4.39 Å². The van der Waals surface area contributed by atoms with Gasteiger partial charge in [0.2, 0.25) is 0 Å². The van der Waals surface area contributed by atoms with Gasteiger partial charge in [-0.25, -0.2) is 14.4 Å². The van der Waals surface area contributed by atoms with Crippen LogP contribution in [0.1, 0.15) is 35.3 Å². The molecule has 2 aromatic heterocycles. The molecular formula is C22H25ClFN5O2. The molecule has 164 valence electrons. The van der Waals surface area contributed by atoms with Crippen molar-refractivity contribution in [3.63, 3.8) is 0 Å². The molecule has 1 saturated heterocycles. The lowest BCUT2D eigenvalue weighted by Crippen LogP contribution is -2.36. The molecule has 2 aliphatic rings. The molecule has 1 aliphatic heterocycles. The largest absolute Gasteiger partial charge is 0.493 e. The summed E-state index contributed by atoms with van der Waals surface area (Å²) in [5, 5.41) is 6.31. The Morgan fingerprint density at radius 1 is 1.29 bits per heavy atom. The molecule has 2 fully saturated rings. The monoisotopic (exact) mass is 445 g/mol. The van der Waals surface area contributed by atoms with Crippen molar-refractivity contribution in [2.24, 2.45) is 5.92 Å². The van der Waals surface area contributed by atoms with E-state index in [1.165, 1.54) is 31.3 Å². The second-order valence-corrected chi connectivity index (χ2v) is 8.13. The van der Waals surface area contributed by atoms with Gasteiger partial charge in [0.25, 0.3) is 5.91 Å². The number of halogens is 2. The van der Waals surface area contributed by atoms with Gasteiger partial charge in [-0.3, -0.25) is 4.79 Å². The summed E-state index contributed by atoms with van der Waals surface area (Å²) >= 11 is 0. The first-order valence-electron chi connectivity index (χ1n) is 10.4. The van der Waals surface area contributed by atoms with Crippen LogP contribution in [0.2, 0.25) is 0 Å². The van der Waals surface area contributed by atoms with Crippen LogP contribution >= 0.6 is 12.4 Å². The van der Waals surface area contributed by atoms with Crippen LogP contribution < -0.4 is 15.4 Å². The molecule has 1 atom stereocenters. The Balaban J connectivity index is 0.00000231. The zero-order valence-electron chi connectivity index (χ0n) is 17.2. The molecule has 0 bridgehead atoms. The fraction of sp³-hybridized carbons (Fsp3) is 0.409. The number of hydrogen-bond acceptors (Lipinski definition) is 5. The number of nitrogens with one attached hydrogen (secondary N) is 3. The number of rotatable bonds is 6. The van der Waals surface area contributed by atoms with E-state index in [2.05, 4.69) is 25.6 Å². The third-order valence-electron chi connectivity index (χ3n) is 5.76. The minimum absolute atomic E-state index is 0. The van der Waals surface area contributed by atoms with Gasteiger partial charge in [0, 0.05) is 23.8 Å². The molecule has 1 aromatic carbocycles. The van der Waals surface area contributed by atoms with E-state index in [1.54, 1.807) is 6.07 Å². The van der Waals surface area contributed by atoms with E-state index < -0.39 is 0 Å². The van der Waals surface area contributed by atoms with E-state index in [1.807, 2.05) is 6.92 Å². The maximum absolute atomic E-state index is 14.1. The average molecular weight is 446 g/mol. The third kappa shape index (κ3) is 4.36. The number of benzene rings is 1. The molecule has 0 spiro atoms. The first kappa shape index (κ1) is 21.5. The van der Waals surface area contributed by atoms with Gasteiger partial charge in [0.15, 0.2) is 0 Å². The molecule has 1 aliphatic carbocycles. The molecular weight excluding hydrogens is 421 g/mol. The molecule has 0 radical (unpaired) electrons. The van der Waals surface area contributed by atoms with Crippen LogP contribution in [0.25, 0.3) is 22.3 Å². The minimum Gasteiger partial charge on any atom is -0.493 e. The van der Waals surface area contributed by atoms with Crippen LogP contribution in [0.5, 0.6) is 5.75 Å². The predicted octanol–water partition coefficient (Wildman–Crippen LogP) is 3.37. The normalized spacial score (nSPS) is 18.1. The van der Waals surface area contributed by atoms with Crippen LogP contribution in [-0.2, 0) is 0 Å². The quantitative estimate of drug-likeness (QED) is 0.541. The lowest BCUT2D eigenvalue weighted by Gasteiger charge is -2.12. The molecule has 1 amide bonds. The van der Waals surface area contributed by atoms with Crippen molar-refractivity contribution in [2.75, 3.05) is 19.7 Å². The predicted molar refractivity (Wildman–Crippen MR) is 118 cm³/mol. The summed E-state index contributed by atoms with van der Waals surface area (Å²) in [7, 11) is 0. The van der Waals surface area contributed by atoms with Crippen molar-refractivity contribution in [3.8, 4) is 17.0 Å². The maximum atomic E-state index is 14.1. The van der Waals surface area contributed by atoms with Gasteiger partial charge in [-0.15, -0.1) is 12.4 Å². The summed E-state index contributed by atoms with van der Waals surface area (Å²) in [6.45, 7) is 4.11. The first-order valence-corrected chi connectivity index (χ1v) is 10.4. The van der Waals surface area contributed by atoms with Crippen LogP contribution in [-0.4, -0.2) is 46.6 Å². The first-order chi connectivity index (χ1) is 14.6. The van der Waals surface area contributed by atoms with Crippen molar-refractivity contribution >= 4 is 29.3 Å². The fourth-order valence-electron chi connectivity index (χ4n) is 3.94. The highest BCUT2D eigenvalue weighted by molar-refractivity contribution is 6.09. The molecule has 1 saturated carbocycles. The van der Waals surface area contributed by atoms with E-state index in [0.29, 0.717) is 51.8 Å². The van der Waals surface area contributed by atoms with Gasteiger partial charge in [-0.1, -0.05) is 0 Å². The summed E-state index contributed by atoms with van der Waals surface area (Å²) in [6, 6.07) is 4.55. The highest BCUT2D eigenvalue weighted by Gasteiger charge is 2.26. The minimum atomic E-state index is -0.370. The number of fused-ring (bicyclic) bond motifs is 1. The van der Waals surface area contributed by atoms with Crippen molar-refractivity contribution in [3.05, 3.63) is 41.6 Å². The summed E-state index contributed by atoms with van der Waals surface area (Å²) < 4.78 is 20.1. The molecule has 0 unspecified atom stereocenters. The molecule has 3 aromatic rings. The number of carbonyl (C=O) groups is 1. The number of aryl methyl sites for hydroxylation is 1. The van der Waals surface area contributed by atoms with E-state index >= 15 is 0 Å². The topological polar surface area (TPSA) is 91.9 Å². The zero-order chi connectivity index (χ0) is 20.7. The summed E-state index contributed by atoms with van der Waals surface area (Å²) in [5.41, 5.74) is 3.40. The van der Waals surface area contributed by atoms with E-state index in [0.717, 1.165) is 19.5 Å². The average Bonchev–Trinajstić information content (AvgIpc) is 3.29. The van der Waals surface area contributed by atoms with Crippen molar-refractivity contribution in [2.45, 2.75) is 32.2 Å². The van der Waals surface area contributed by atoms with E-state index in [9.17, 15) is 9.18 Å². The lowest BCUT2D eigenvalue weighted by atomic mass is 10.1. The van der Waals surface area contributed by atoms with Crippen molar-refractivity contribution < 1.29 is 13.9 Å². The Hall–Kier alpha value is -2.71. The summed E-state index contributed by atoms with van der Waals surface area (Å²) in [6.07, 6.45) is 4.64. The molecule has 9 heteroatoms. The van der Waals surface area contributed by atoms with Crippen LogP contribution in [0, 0.1) is 18.7 Å². The van der Waals surface area contributed by atoms with E-state index in [-0.39, 0.29) is 30.2 Å². The number of H-pyrrole nitrogens is 1. The number of nitrogens with zero attached hydrogens (tertiary/aromatic N) is 2. The Morgan fingerprint density at radius 3 is 2.87 bits per heavy atom.